The van der Waals surface area contributed by atoms with Gasteiger partial charge in [-0.1, -0.05) is 36.0 Å². The number of hydrogen-bond donors (Lipinski definition) is 2. The van der Waals surface area contributed by atoms with Gasteiger partial charge < -0.3 is 11.2 Å². The van der Waals surface area contributed by atoms with E-state index < -0.39 is 0 Å². The molecule has 1 aromatic carbocycles. The highest BCUT2D eigenvalue weighted by Gasteiger charge is 2.29. The number of aryl methyl sites for hydroxylation is 1. The number of carbonyl (C=O) groups excluding carboxylic acids is 1. The first kappa shape index (κ1) is 14.9. The number of aromatic nitrogens is 3. The van der Waals surface area contributed by atoms with Crippen molar-refractivity contribution in [3.63, 3.8) is 0 Å². The van der Waals surface area contributed by atoms with Crippen LogP contribution in [-0.4, -0.2) is 26.5 Å². The summed E-state index contributed by atoms with van der Waals surface area (Å²) >= 11 is 1.31. The van der Waals surface area contributed by atoms with Gasteiger partial charge >= 0.3 is 0 Å². The fourth-order valence-electron chi connectivity index (χ4n) is 2.19. The molecule has 1 aromatic heterocycles. The summed E-state index contributed by atoms with van der Waals surface area (Å²) in [5, 5.41) is 11.7. The molecule has 0 spiro atoms. The summed E-state index contributed by atoms with van der Waals surface area (Å²) in [7, 11) is 0. The fraction of sp³-hybridized carbons (Fsp3) is 0.400. The van der Waals surface area contributed by atoms with Crippen molar-refractivity contribution in [3.05, 3.63) is 41.2 Å². The summed E-state index contributed by atoms with van der Waals surface area (Å²) in [5.74, 6) is 7.47. The second-order valence-corrected chi connectivity index (χ2v) is 6.42. The van der Waals surface area contributed by atoms with Crippen LogP contribution in [0.4, 0.5) is 0 Å². The normalized spacial score (nSPS) is 14.0. The van der Waals surface area contributed by atoms with Gasteiger partial charge in [-0.2, -0.15) is 0 Å². The Morgan fingerprint density at radius 2 is 2.18 bits per heavy atom. The van der Waals surface area contributed by atoms with Crippen molar-refractivity contribution in [2.75, 3.05) is 11.6 Å². The van der Waals surface area contributed by atoms with Crippen molar-refractivity contribution < 1.29 is 4.79 Å². The molecule has 1 fully saturated rings. The van der Waals surface area contributed by atoms with Crippen molar-refractivity contribution in [1.29, 1.82) is 0 Å². The number of hydrogen-bond acceptors (Lipinski definition) is 5. The van der Waals surface area contributed by atoms with E-state index in [9.17, 15) is 4.79 Å². The highest BCUT2D eigenvalue weighted by atomic mass is 32.2. The van der Waals surface area contributed by atoms with E-state index in [1.807, 2.05) is 31.2 Å². The van der Waals surface area contributed by atoms with E-state index >= 15 is 0 Å². The third-order valence-electron chi connectivity index (χ3n) is 3.70. The third kappa shape index (κ3) is 3.41. The summed E-state index contributed by atoms with van der Waals surface area (Å²) in [6.07, 6.45) is 2.24. The van der Waals surface area contributed by atoms with Crippen LogP contribution in [0.3, 0.4) is 0 Å². The largest absolute Gasteiger partial charge is 0.351 e. The van der Waals surface area contributed by atoms with Crippen LogP contribution >= 0.6 is 11.8 Å². The first-order valence-electron chi connectivity index (χ1n) is 7.29. The number of nitrogens with zero attached hydrogens (tertiary/aromatic N) is 3. The number of rotatable bonds is 6. The Labute approximate surface area is 133 Å². The molecule has 22 heavy (non-hydrogen) atoms. The molecule has 2 aromatic rings. The molecule has 116 valence electrons. The SMILES string of the molecule is Cc1ccccc1CNC(=O)CSc1nnc(C2CC2)n1N. The minimum atomic E-state index is -0.0378. The van der Waals surface area contributed by atoms with E-state index in [1.165, 1.54) is 22.0 Å². The maximum Gasteiger partial charge on any atom is 0.230 e. The zero-order chi connectivity index (χ0) is 15.5. The first-order chi connectivity index (χ1) is 10.6. The Bertz CT molecular complexity index is 680. The number of benzene rings is 1. The average molecular weight is 317 g/mol. The molecular formula is C15H19N5OS. The summed E-state index contributed by atoms with van der Waals surface area (Å²) in [6, 6.07) is 8.01. The second kappa shape index (κ2) is 6.39. The quantitative estimate of drug-likeness (QED) is 0.624. The highest BCUT2D eigenvalue weighted by Crippen LogP contribution is 2.39. The maximum atomic E-state index is 11.9. The summed E-state index contributed by atoms with van der Waals surface area (Å²) in [5.41, 5.74) is 2.30. The van der Waals surface area contributed by atoms with Gasteiger partial charge in [0.25, 0.3) is 0 Å². The highest BCUT2D eigenvalue weighted by molar-refractivity contribution is 7.99. The first-order valence-corrected chi connectivity index (χ1v) is 8.28. The van der Waals surface area contributed by atoms with E-state index in [4.69, 9.17) is 5.84 Å². The van der Waals surface area contributed by atoms with E-state index in [-0.39, 0.29) is 11.7 Å². The van der Waals surface area contributed by atoms with E-state index in [0.29, 0.717) is 17.6 Å². The van der Waals surface area contributed by atoms with Crippen LogP contribution in [0.25, 0.3) is 0 Å². The zero-order valence-electron chi connectivity index (χ0n) is 12.5. The van der Waals surface area contributed by atoms with Crippen LogP contribution in [0.1, 0.15) is 35.7 Å². The van der Waals surface area contributed by atoms with Gasteiger partial charge in [-0.15, -0.1) is 10.2 Å². The maximum absolute atomic E-state index is 11.9. The van der Waals surface area contributed by atoms with E-state index in [1.54, 1.807) is 0 Å². The number of thioether (sulfide) groups is 1. The summed E-state index contributed by atoms with van der Waals surface area (Å²) < 4.78 is 1.51. The molecule has 1 heterocycles. The minimum Gasteiger partial charge on any atom is -0.351 e. The molecule has 3 rings (SSSR count). The standard InChI is InChI=1S/C15H19N5OS/c1-10-4-2-3-5-12(10)8-17-13(21)9-22-15-19-18-14(20(15)16)11-6-7-11/h2-5,11H,6-9,16H2,1H3,(H,17,21). The smallest absolute Gasteiger partial charge is 0.230 e. The second-order valence-electron chi connectivity index (χ2n) is 5.48. The van der Waals surface area contributed by atoms with Crippen molar-refractivity contribution in [1.82, 2.24) is 20.2 Å². The minimum absolute atomic E-state index is 0.0378. The van der Waals surface area contributed by atoms with Crippen molar-refractivity contribution in [2.24, 2.45) is 0 Å². The predicted octanol–water partition coefficient (Wildman–Crippen LogP) is 1.59. The molecular weight excluding hydrogens is 298 g/mol. The lowest BCUT2D eigenvalue weighted by atomic mass is 10.1. The van der Waals surface area contributed by atoms with Gasteiger partial charge in [0, 0.05) is 12.5 Å². The van der Waals surface area contributed by atoms with Crippen LogP contribution in [0.15, 0.2) is 29.4 Å². The zero-order valence-corrected chi connectivity index (χ0v) is 13.3. The lowest BCUT2D eigenvalue weighted by Crippen LogP contribution is -2.25. The van der Waals surface area contributed by atoms with Gasteiger partial charge in [-0.05, 0) is 30.9 Å². The molecule has 0 atom stereocenters. The van der Waals surface area contributed by atoms with Crippen molar-refractivity contribution in [2.45, 2.75) is 37.4 Å². The van der Waals surface area contributed by atoms with Crippen LogP contribution < -0.4 is 11.2 Å². The molecule has 0 saturated heterocycles. The van der Waals surface area contributed by atoms with Crippen LogP contribution in [0.2, 0.25) is 0 Å². The molecule has 1 aliphatic carbocycles. The van der Waals surface area contributed by atoms with Gasteiger partial charge in [0.1, 0.15) is 0 Å². The number of nitrogen functional groups attached to an aromatic ring is 1. The number of nitrogens with one attached hydrogen (secondary N) is 1. The van der Waals surface area contributed by atoms with E-state index in [2.05, 4.69) is 15.5 Å². The molecule has 0 radical (unpaired) electrons. The van der Waals surface area contributed by atoms with Gasteiger partial charge in [0.2, 0.25) is 11.1 Å². The molecule has 6 nitrogen and oxygen atoms in total. The van der Waals surface area contributed by atoms with Crippen LogP contribution in [0, 0.1) is 6.92 Å². The van der Waals surface area contributed by atoms with E-state index in [0.717, 1.165) is 24.2 Å². The van der Waals surface area contributed by atoms with Crippen LogP contribution in [-0.2, 0) is 11.3 Å². The molecule has 1 saturated carbocycles. The Hall–Kier alpha value is -2.02. The summed E-state index contributed by atoms with van der Waals surface area (Å²) in [4.78, 5) is 11.9. The Morgan fingerprint density at radius 3 is 2.91 bits per heavy atom. The Balaban J connectivity index is 1.49. The van der Waals surface area contributed by atoms with Gasteiger partial charge in [0.05, 0.1) is 5.75 Å². The van der Waals surface area contributed by atoms with Crippen molar-refractivity contribution >= 4 is 17.7 Å². The van der Waals surface area contributed by atoms with Crippen molar-refractivity contribution in [3.8, 4) is 0 Å². The third-order valence-corrected chi connectivity index (χ3v) is 4.65. The predicted molar refractivity (Wildman–Crippen MR) is 85.9 cm³/mol. The summed E-state index contributed by atoms with van der Waals surface area (Å²) in [6.45, 7) is 2.57. The molecule has 1 amide bonds. The lowest BCUT2D eigenvalue weighted by molar-refractivity contribution is -0.118. The topological polar surface area (TPSA) is 85.8 Å². The molecule has 0 bridgehead atoms. The lowest BCUT2D eigenvalue weighted by Gasteiger charge is -2.07. The molecule has 7 heteroatoms. The molecule has 0 unspecified atom stereocenters. The monoisotopic (exact) mass is 317 g/mol. The Kier molecular flexibility index (Phi) is 4.33. The Morgan fingerprint density at radius 1 is 1.41 bits per heavy atom. The molecule has 1 aliphatic rings. The van der Waals surface area contributed by atoms with Crippen LogP contribution in [0.5, 0.6) is 0 Å². The number of carbonyl (C=O) groups is 1. The van der Waals surface area contributed by atoms with Gasteiger partial charge in [-0.25, -0.2) is 4.68 Å². The molecule has 3 N–H and O–H groups in total. The molecule has 0 aliphatic heterocycles. The fourth-order valence-corrected chi connectivity index (χ4v) is 2.88. The van der Waals surface area contributed by atoms with Gasteiger partial charge in [-0.3, -0.25) is 4.79 Å². The van der Waals surface area contributed by atoms with Gasteiger partial charge in [0.15, 0.2) is 5.82 Å². The number of amides is 1. The average Bonchev–Trinajstić information content (AvgIpc) is 3.28. The number of nitrogens with two attached hydrogens (primary N) is 1.